The van der Waals surface area contributed by atoms with Gasteiger partial charge in [-0.3, -0.25) is 14.9 Å². The van der Waals surface area contributed by atoms with Crippen molar-refractivity contribution in [3.63, 3.8) is 0 Å². The molecule has 0 bridgehead atoms. The zero-order valence-electron chi connectivity index (χ0n) is 11.3. The van der Waals surface area contributed by atoms with Gasteiger partial charge >= 0.3 is 0 Å². The molecule has 2 rings (SSSR count). The fraction of sp³-hybridized carbons (Fsp3) is 0.462. The van der Waals surface area contributed by atoms with E-state index in [1.54, 1.807) is 0 Å². The number of amides is 1. The van der Waals surface area contributed by atoms with Gasteiger partial charge in [0.25, 0.3) is 11.6 Å². The van der Waals surface area contributed by atoms with Crippen molar-refractivity contribution in [3.05, 3.63) is 39.7 Å². The molecule has 0 atom stereocenters. The van der Waals surface area contributed by atoms with Crippen LogP contribution in [0.2, 0.25) is 0 Å². The number of carbonyl (C=O) groups excluding carboxylic acids is 1. The zero-order chi connectivity index (χ0) is 14.9. The van der Waals surface area contributed by atoms with Crippen molar-refractivity contribution in [3.8, 4) is 0 Å². The number of ether oxygens (including phenoxy) is 1. The van der Waals surface area contributed by atoms with E-state index < -0.39 is 22.2 Å². The number of nitrogens with zero attached hydrogens (tertiary/aromatic N) is 2. The maximum absolute atomic E-state index is 13.7. The number of halogens is 1. The lowest BCUT2D eigenvalue weighted by Gasteiger charge is -2.38. The number of hydrogen-bond acceptors (Lipinski definition) is 4. The van der Waals surface area contributed by atoms with Crippen LogP contribution < -0.4 is 0 Å². The lowest BCUT2D eigenvalue weighted by Crippen LogP contribution is -2.50. The predicted molar refractivity (Wildman–Crippen MR) is 69.0 cm³/mol. The summed E-state index contributed by atoms with van der Waals surface area (Å²) >= 11 is 0. The SMILES string of the molecule is CC1(C)CN(C(=O)c2cc([N+](=O)[O-])ccc2F)CCO1. The summed E-state index contributed by atoms with van der Waals surface area (Å²) in [4.78, 5) is 23.8. The van der Waals surface area contributed by atoms with E-state index in [2.05, 4.69) is 0 Å². The third-order valence-corrected chi connectivity index (χ3v) is 3.10. The molecule has 6 nitrogen and oxygen atoms in total. The van der Waals surface area contributed by atoms with Gasteiger partial charge in [0.05, 0.1) is 22.7 Å². The molecule has 0 aromatic heterocycles. The van der Waals surface area contributed by atoms with E-state index >= 15 is 0 Å². The van der Waals surface area contributed by atoms with Crippen LogP contribution in [0, 0.1) is 15.9 Å². The number of nitro benzene ring substituents is 1. The summed E-state index contributed by atoms with van der Waals surface area (Å²) in [7, 11) is 0. The van der Waals surface area contributed by atoms with Crippen LogP contribution in [0.1, 0.15) is 24.2 Å². The fourth-order valence-electron chi connectivity index (χ4n) is 2.15. The maximum Gasteiger partial charge on any atom is 0.270 e. The molecule has 0 spiro atoms. The molecule has 1 aromatic rings. The van der Waals surface area contributed by atoms with Gasteiger partial charge in [-0.1, -0.05) is 0 Å². The first-order chi connectivity index (χ1) is 9.30. The molecule has 1 aliphatic heterocycles. The molecule has 0 unspecified atom stereocenters. The average molecular weight is 282 g/mol. The van der Waals surface area contributed by atoms with Crippen LogP contribution in [0.3, 0.4) is 0 Å². The van der Waals surface area contributed by atoms with Crippen LogP contribution in [-0.2, 0) is 4.74 Å². The monoisotopic (exact) mass is 282 g/mol. The first kappa shape index (κ1) is 14.4. The normalized spacial score (nSPS) is 17.9. The number of benzene rings is 1. The molecule has 1 saturated heterocycles. The lowest BCUT2D eigenvalue weighted by atomic mass is 10.1. The highest BCUT2D eigenvalue weighted by Gasteiger charge is 2.31. The molecule has 1 aliphatic rings. The van der Waals surface area contributed by atoms with Crippen LogP contribution in [-0.4, -0.2) is 41.0 Å². The van der Waals surface area contributed by atoms with Crippen molar-refractivity contribution in [2.24, 2.45) is 0 Å². The summed E-state index contributed by atoms with van der Waals surface area (Å²) in [6.45, 7) is 4.67. The van der Waals surface area contributed by atoms with Crippen molar-refractivity contribution in [2.45, 2.75) is 19.4 Å². The highest BCUT2D eigenvalue weighted by molar-refractivity contribution is 5.95. The van der Waals surface area contributed by atoms with E-state index in [1.165, 1.54) is 4.90 Å². The molecule has 0 N–H and O–H groups in total. The van der Waals surface area contributed by atoms with Crippen LogP contribution >= 0.6 is 0 Å². The quantitative estimate of drug-likeness (QED) is 0.614. The first-order valence-electron chi connectivity index (χ1n) is 6.17. The van der Waals surface area contributed by atoms with Gasteiger partial charge in [0, 0.05) is 25.2 Å². The van der Waals surface area contributed by atoms with Gasteiger partial charge in [0.1, 0.15) is 5.82 Å². The molecule has 20 heavy (non-hydrogen) atoms. The second-order valence-corrected chi connectivity index (χ2v) is 5.26. The lowest BCUT2D eigenvalue weighted by molar-refractivity contribution is -0.384. The molecule has 108 valence electrons. The van der Waals surface area contributed by atoms with Gasteiger partial charge in [-0.15, -0.1) is 0 Å². The van der Waals surface area contributed by atoms with Gasteiger partial charge in [0.15, 0.2) is 0 Å². The highest BCUT2D eigenvalue weighted by atomic mass is 19.1. The summed E-state index contributed by atoms with van der Waals surface area (Å²) in [6, 6.07) is 2.95. The third kappa shape index (κ3) is 2.93. The Morgan fingerprint density at radius 2 is 2.20 bits per heavy atom. The largest absolute Gasteiger partial charge is 0.372 e. The van der Waals surface area contributed by atoms with Crippen molar-refractivity contribution < 1.29 is 18.8 Å². The minimum absolute atomic E-state index is 0.281. The Hall–Kier alpha value is -2.02. The number of morpholine rings is 1. The molecule has 1 aromatic carbocycles. The zero-order valence-corrected chi connectivity index (χ0v) is 11.3. The Morgan fingerprint density at radius 1 is 1.50 bits per heavy atom. The van der Waals surface area contributed by atoms with Crippen molar-refractivity contribution in [1.29, 1.82) is 0 Å². The summed E-state index contributed by atoms with van der Waals surface area (Å²) in [6.07, 6.45) is 0. The Bertz CT molecular complexity index is 559. The standard InChI is InChI=1S/C13H15FN2O4/c1-13(2)8-15(5-6-20-13)12(17)10-7-9(16(18)19)3-4-11(10)14/h3-4,7H,5-6,8H2,1-2H3. The smallest absolute Gasteiger partial charge is 0.270 e. The van der Waals surface area contributed by atoms with Crippen LogP contribution in [0.4, 0.5) is 10.1 Å². The van der Waals surface area contributed by atoms with Crippen molar-refractivity contribution >= 4 is 11.6 Å². The molecule has 0 aliphatic carbocycles. The topological polar surface area (TPSA) is 72.7 Å². The molecule has 0 radical (unpaired) electrons. The molecule has 1 amide bonds. The average Bonchev–Trinajstić information content (AvgIpc) is 2.37. The van der Waals surface area contributed by atoms with E-state index in [0.717, 1.165) is 18.2 Å². The molecule has 1 heterocycles. The van der Waals surface area contributed by atoms with Crippen molar-refractivity contribution in [2.75, 3.05) is 19.7 Å². The maximum atomic E-state index is 13.7. The Labute approximate surface area is 115 Å². The molecular weight excluding hydrogens is 267 g/mol. The Kier molecular flexibility index (Phi) is 3.71. The molecule has 0 saturated carbocycles. The van der Waals surface area contributed by atoms with E-state index in [4.69, 9.17) is 4.74 Å². The minimum atomic E-state index is -0.759. The minimum Gasteiger partial charge on any atom is -0.372 e. The number of carbonyl (C=O) groups is 1. The van der Waals surface area contributed by atoms with Gasteiger partial charge in [-0.05, 0) is 19.9 Å². The summed E-state index contributed by atoms with van der Waals surface area (Å²) in [5.41, 5.74) is -1.09. The molecule has 7 heteroatoms. The summed E-state index contributed by atoms with van der Waals surface area (Å²) < 4.78 is 19.2. The van der Waals surface area contributed by atoms with Crippen LogP contribution in [0.5, 0.6) is 0 Å². The fourth-order valence-corrected chi connectivity index (χ4v) is 2.15. The van der Waals surface area contributed by atoms with Crippen molar-refractivity contribution in [1.82, 2.24) is 4.90 Å². The predicted octanol–water partition coefficient (Wildman–Crippen LogP) is 1.98. The summed E-state index contributed by atoms with van der Waals surface area (Å²) in [5, 5.41) is 10.7. The van der Waals surface area contributed by atoms with Crippen LogP contribution in [0.25, 0.3) is 0 Å². The molecular formula is C13H15FN2O4. The van der Waals surface area contributed by atoms with E-state index in [-0.39, 0.29) is 11.3 Å². The number of nitro groups is 1. The number of non-ortho nitro benzene ring substituents is 1. The third-order valence-electron chi connectivity index (χ3n) is 3.10. The Morgan fingerprint density at radius 3 is 2.80 bits per heavy atom. The number of rotatable bonds is 2. The summed E-state index contributed by atoms with van der Waals surface area (Å²) in [5.74, 6) is -1.31. The number of hydrogen-bond donors (Lipinski definition) is 0. The highest BCUT2D eigenvalue weighted by Crippen LogP contribution is 2.22. The van der Waals surface area contributed by atoms with Gasteiger partial charge in [0.2, 0.25) is 0 Å². The van der Waals surface area contributed by atoms with E-state index in [1.807, 2.05) is 13.8 Å². The van der Waals surface area contributed by atoms with Crippen LogP contribution in [0.15, 0.2) is 18.2 Å². The van der Waals surface area contributed by atoms with E-state index in [9.17, 15) is 19.3 Å². The first-order valence-corrected chi connectivity index (χ1v) is 6.17. The van der Waals surface area contributed by atoms with E-state index in [0.29, 0.717) is 19.7 Å². The van der Waals surface area contributed by atoms with Gasteiger partial charge in [-0.25, -0.2) is 4.39 Å². The Balaban J connectivity index is 2.29. The van der Waals surface area contributed by atoms with Gasteiger partial charge < -0.3 is 9.64 Å². The van der Waals surface area contributed by atoms with Gasteiger partial charge in [-0.2, -0.15) is 0 Å². The molecule has 1 fully saturated rings. The second-order valence-electron chi connectivity index (χ2n) is 5.26. The second kappa shape index (κ2) is 5.16.